The Morgan fingerprint density at radius 3 is 1.44 bits per heavy atom. The number of rotatable bonds is 6. The third-order valence-corrected chi connectivity index (χ3v) is 5.95. The maximum atomic E-state index is 13.1. The van der Waals surface area contributed by atoms with Gasteiger partial charge in [0, 0.05) is 25.9 Å². The first-order chi connectivity index (χ1) is 12.9. The molecule has 0 atom stereocenters. The number of nitrogens with zero attached hydrogens (tertiary/aromatic N) is 4. The first-order valence-corrected chi connectivity index (χ1v) is 9.59. The summed E-state index contributed by atoms with van der Waals surface area (Å²) in [6.07, 6.45) is 2.67. The van der Waals surface area contributed by atoms with Gasteiger partial charge in [-0.1, -0.05) is 13.8 Å². The van der Waals surface area contributed by atoms with Gasteiger partial charge in [-0.15, -0.1) is 0 Å². The van der Waals surface area contributed by atoms with E-state index in [9.17, 15) is 24.0 Å². The molecule has 3 heterocycles. The van der Waals surface area contributed by atoms with Crippen LogP contribution in [0.3, 0.4) is 0 Å². The Morgan fingerprint density at radius 2 is 1.15 bits per heavy atom. The van der Waals surface area contributed by atoms with Crippen LogP contribution in [0.1, 0.15) is 52.4 Å². The van der Waals surface area contributed by atoms with Crippen LogP contribution in [-0.4, -0.2) is 75.7 Å². The summed E-state index contributed by atoms with van der Waals surface area (Å²) in [5.41, 5.74) is -1.33. The number of hydrogen-bond acceptors (Lipinski definition) is 5. The van der Waals surface area contributed by atoms with Crippen LogP contribution in [0.4, 0.5) is 4.79 Å². The van der Waals surface area contributed by atoms with Crippen LogP contribution in [-0.2, 0) is 19.2 Å². The second-order valence-electron chi connectivity index (χ2n) is 7.34. The minimum atomic E-state index is -1.33. The number of urea groups is 1. The van der Waals surface area contributed by atoms with E-state index >= 15 is 0 Å². The summed E-state index contributed by atoms with van der Waals surface area (Å²) in [6.45, 7) is 4.17. The van der Waals surface area contributed by atoms with Gasteiger partial charge in [0.05, 0.1) is 0 Å². The number of hydrogen-bond donors (Lipinski definition) is 0. The Hall–Kier alpha value is -2.45. The second kappa shape index (κ2) is 7.28. The zero-order valence-electron chi connectivity index (χ0n) is 15.9. The van der Waals surface area contributed by atoms with Gasteiger partial charge >= 0.3 is 6.03 Å². The smallest absolute Gasteiger partial charge is 0.324 e. The highest BCUT2D eigenvalue weighted by molar-refractivity contribution is 6.19. The van der Waals surface area contributed by atoms with Crippen molar-refractivity contribution in [3.63, 3.8) is 0 Å². The van der Waals surface area contributed by atoms with Crippen molar-refractivity contribution >= 4 is 29.7 Å². The fourth-order valence-electron chi connectivity index (χ4n) is 4.08. The summed E-state index contributed by atoms with van der Waals surface area (Å²) in [5.74, 6) is -1.31. The number of carbonyl (C=O) groups is 5. The summed E-state index contributed by atoms with van der Waals surface area (Å²) in [5, 5.41) is 0. The lowest BCUT2D eigenvalue weighted by atomic mass is 9.78. The third-order valence-electron chi connectivity index (χ3n) is 5.95. The molecular weight excluding hydrogens is 352 g/mol. The molecular formula is C18H26N4O5. The fraction of sp³-hybridized carbons (Fsp3) is 0.722. The van der Waals surface area contributed by atoms with Crippen molar-refractivity contribution in [1.82, 2.24) is 19.6 Å². The molecule has 0 N–H and O–H groups in total. The topological polar surface area (TPSA) is 98.3 Å². The molecule has 6 amide bonds. The summed E-state index contributed by atoms with van der Waals surface area (Å²) < 4.78 is 0. The average Bonchev–Trinajstić information content (AvgIpc) is 3.25. The van der Waals surface area contributed by atoms with Crippen molar-refractivity contribution in [1.29, 1.82) is 0 Å². The molecule has 27 heavy (non-hydrogen) atoms. The molecule has 0 aromatic heterocycles. The Balaban J connectivity index is 1.91. The van der Waals surface area contributed by atoms with Crippen LogP contribution in [0.25, 0.3) is 0 Å². The van der Waals surface area contributed by atoms with Crippen LogP contribution in [0.2, 0.25) is 0 Å². The lowest BCUT2D eigenvalue weighted by molar-refractivity contribution is -0.162. The number of likely N-dealkylation sites (tertiary alicyclic amines) is 2. The second-order valence-corrected chi connectivity index (χ2v) is 7.34. The SMILES string of the molecule is CCC1(CC)C(=O)N(CN2CCCC2=O)C(=O)N(CN2CCCC2=O)C1=O. The molecule has 0 aliphatic carbocycles. The molecule has 0 aromatic rings. The van der Waals surface area contributed by atoms with Gasteiger partial charge in [0.25, 0.3) is 0 Å². The van der Waals surface area contributed by atoms with E-state index in [1.807, 2.05) is 0 Å². The lowest BCUT2D eigenvalue weighted by Gasteiger charge is -2.45. The van der Waals surface area contributed by atoms with Crippen LogP contribution < -0.4 is 0 Å². The minimum Gasteiger partial charge on any atom is -0.324 e. The van der Waals surface area contributed by atoms with Crippen molar-refractivity contribution in [3.8, 4) is 0 Å². The molecule has 148 valence electrons. The molecule has 0 saturated carbocycles. The Kier molecular flexibility index (Phi) is 5.21. The molecule has 0 spiro atoms. The predicted octanol–water partition coefficient (Wildman–Crippen LogP) is 0.743. The Bertz CT molecular complexity index is 635. The number of amides is 6. The van der Waals surface area contributed by atoms with E-state index in [1.165, 1.54) is 9.80 Å². The van der Waals surface area contributed by atoms with E-state index in [0.717, 1.165) is 9.80 Å². The number of barbiturate groups is 1. The highest BCUT2D eigenvalue weighted by atomic mass is 16.2. The lowest BCUT2D eigenvalue weighted by Crippen LogP contribution is -2.67. The first kappa shape index (κ1) is 19.3. The quantitative estimate of drug-likeness (QED) is 0.635. The summed E-state index contributed by atoms with van der Waals surface area (Å²) in [4.78, 5) is 68.1. The van der Waals surface area contributed by atoms with Crippen LogP contribution >= 0.6 is 0 Å². The van der Waals surface area contributed by atoms with Gasteiger partial charge in [0.15, 0.2) is 0 Å². The van der Waals surface area contributed by atoms with Crippen LogP contribution in [0, 0.1) is 5.41 Å². The zero-order chi connectivity index (χ0) is 19.8. The van der Waals surface area contributed by atoms with Crippen LogP contribution in [0.5, 0.6) is 0 Å². The van der Waals surface area contributed by atoms with Crippen molar-refractivity contribution in [3.05, 3.63) is 0 Å². The summed E-state index contributed by atoms with van der Waals surface area (Å²) in [7, 11) is 0. The molecule has 0 radical (unpaired) electrons. The number of imide groups is 2. The molecule has 3 rings (SSSR count). The molecule has 9 nitrogen and oxygen atoms in total. The number of carbonyl (C=O) groups excluding carboxylic acids is 5. The molecule has 0 aromatic carbocycles. The maximum Gasteiger partial charge on any atom is 0.336 e. The fourth-order valence-corrected chi connectivity index (χ4v) is 4.08. The van der Waals surface area contributed by atoms with Gasteiger partial charge in [0.2, 0.25) is 23.6 Å². The van der Waals surface area contributed by atoms with Gasteiger partial charge in [0.1, 0.15) is 18.8 Å². The first-order valence-electron chi connectivity index (χ1n) is 9.59. The van der Waals surface area contributed by atoms with E-state index in [2.05, 4.69) is 0 Å². The molecule has 3 saturated heterocycles. The Labute approximate surface area is 158 Å². The van der Waals surface area contributed by atoms with Gasteiger partial charge in [-0.2, -0.15) is 0 Å². The third kappa shape index (κ3) is 3.08. The van der Waals surface area contributed by atoms with E-state index in [1.54, 1.807) is 13.8 Å². The highest BCUT2D eigenvalue weighted by Crippen LogP contribution is 2.36. The highest BCUT2D eigenvalue weighted by Gasteiger charge is 2.56. The summed E-state index contributed by atoms with van der Waals surface area (Å²) in [6, 6.07) is -0.748. The van der Waals surface area contributed by atoms with Crippen molar-refractivity contribution in [2.75, 3.05) is 26.4 Å². The van der Waals surface area contributed by atoms with Crippen LogP contribution in [0.15, 0.2) is 0 Å². The van der Waals surface area contributed by atoms with E-state index in [4.69, 9.17) is 0 Å². The van der Waals surface area contributed by atoms with Gasteiger partial charge in [-0.25, -0.2) is 14.6 Å². The molecule has 3 aliphatic heterocycles. The van der Waals surface area contributed by atoms with Crippen molar-refractivity contribution in [2.24, 2.45) is 5.41 Å². The molecule has 3 fully saturated rings. The largest absolute Gasteiger partial charge is 0.336 e. The molecule has 0 bridgehead atoms. The van der Waals surface area contributed by atoms with Gasteiger partial charge < -0.3 is 9.80 Å². The van der Waals surface area contributed by atoms with Gasteiger partial charge in [-0.3, -0.25) is 19.2 Å². The van der Waals surface area contributed by atoms with E-state index in [-0.39, 0.29) is 38.0 Å². The van der Waals surface area contributed by atoms with Crippen molar-refractivity contribution < 1.29 is 24.0 Å². The normalized spacial score (nSPS) is 23.3. The molecule has 3 aliphatic rings. The maximum absolute atomic E-state index is 13.1. The van der Waals surface area contributed by atoms with Crippen molar-refractivity contribution in [2.45, 2.75) is 52.4 Å². The minimum absolute atomic E-state index is 0.104. The molecule has 9 heteroatoms. The van der Waals surface area contributed by atoms with E-state index in [0.29, 0.717) is 38.8 Å². The monoisotopic (exact) mass is 378 g/mol. The summed E-state index contributed by atoms with van der Waals surface area (Å²) >= 11 is 0. The van der Waals surface area contributed by atoms with E-state index < -0.39 is 23.3 Å². The van der Waals surface area contributed by atoms with Gasteiger partial charge in [-0.05, 0) is 25.7 Å². The molecule has 0 unspecified atom stereocenters. The standard InChI is InChI=1S/C18H26N4O5/c1-3-18(4-2)15(25)21(11-19-9-5-7-13(19)23)17(27)22(16(18)26)12-20-10-6-8-14(20)24/h3-12H2,1-2H3. The average molecular weight is 378 g/mol. The Morgan fingerprint density at radius 1 is 0.741 bits per heavy atom. The predicted molar refractivity (Wildman–Crippen MR) is 93.7 cm³/mol. The zero-order valence-corrected chi connectivity index (χ0v) is 15.9.